The molecule has 0 aliphatic rings. The van der Waals surface area contributed by atoms with Crippen LogP contribution in [0.25, 0.3) is 12.2 Å². The molecule has 0 bridgehead atoms. The molecule has 0 saturated carbocycles. The molecule has 3 aromatic rings. The number of hydrogen-bond donors (Lipinski definition) is 1. The first kappa shape index (κ1) is 17.7. The van der Waals surface area contributed by atoms with Crippen LogP contribution in [0.1, 0.15) is 34.7 Å². The Morgan fingerprint density at radius 3 is 2.12 bits per heavy atom. The minimum absolute atomic E-state index is 0.767. The van der Waals surface area contributed by atoms with E-state index in [1.54, 1.807) is 6.92 Å². The number of carbonyl (C=O) groups is 1. The van der Waals surface area contributed by atoms with E-state index in [1.807, 2.05) is 66.7 Å². The van der Waals surface area contributed by atoms with Gasteiger partial charge in [0.25, 0.3) is 0 Å². The van der Waals surface area contributed by atoms with Crippen LogP contribution in [-0.2, 0) is 10.2 Å². The second-order valence-electron chi connectivity index (χ2n) is 6.63. The lowest BCUT2D eigenvalue weighted by molar-refractivity contribution is -0.141. The molecule has 0 unspecified atom stereocenters. The fourth-order valence-electron chi connectivity index (χ4n) is 3.13. The molecule has 0 radical (unpaired) electrons. The Morgan fingerprint density at radius 1 is 0.846 bits per heavy atom. The summed E-state index contributed by atoms with van der Waals surface area (Å²) in [5, 5.41) is 10.1. The molecule has 0 aliphatic heterocycles. The predicted molar refractivity (Wildman–Crippen MR) is 107 cm³/mol. The van der Waals surface area contributed by atoms with Gasteiger partial charge in [0.1, 0.15) is 5.41 Å². The van der Waals surface area contributed by atoms with Crippen molar-refractivity contribution in [2.75, 3.05) is 0 Å². The molecule has 0 saturated heterocycles. The maximum atomic E-state index is 12.3. The summed E-state index contributed by atoms with van der Waals surface area (Å²) in [6, 6.07) is 25.3. The Labute approximate surface area is 154 Å². The molecule has 2 heteroatoms. The molecule has 2 nitrogen and oxygen atoms in total. The van der Waals surface area contributed by atoms with Crippen molar-refractivity contribution in [3.8, 4) is 0 Å². The number of aliphatic carboxylic acids is 1. The van der Waals surface area contributed by atoms with Gasteiger partial charge in [-0.2, -0.15) is 0 Å². The molecule has 3 rings (SSSR count). The maximum absolute atomic E-state index is 12.3. The van der Waals surface area contributed by atoms with Gasteiger partial charge in [-0.3, -0.25) is 4.79 Å². The topological polar surface area (TPSA) is 37.3 Å². The second-order valence-corrected chi connectivity index (χ2v) is 6.63. The molecular weight excluding hydrogens is 320 g/mol. The van der Waals surface area contributed by atoms with E-state index in [-0.39, 0.29) is 0 Å². The minimum atomic E-state index is -1.12. The van der Waals surface area contributed by atoms with Gasteiger partial charge in [0.05, 0.1) is 0 Å². The zero-order chi connectivity index (χ0) is 18.6. The van der Waals surface area contributed by atoms with E-state index >= 15 is 0 Å². The molecule has 0 heterocycles. The molecule has 3 aromatic carbocycles. The van der Waals surface area contributed by atoms with Crippen LogP contribution in [0, 0.1) is 6.92 Å². The average molecular weight is 342 g/mol. The van der Waals surface area contributed by atoms with Gasteiger partial charge in [0, 0.05) is 0 Å². The van der Waals surface area contributed by atoms with E-state index in [0.29, 0.717) is 0 Å². The van der Waals surface area contributed by atoms with E-state index < -0.39 is 11.4 Å². The van der Waals surface area contributed by atoms with E-state index in [9.17, 15) is 9.90 Å². The normalized spacial score (nSPS) is 13.5. The summed E-state index contributed by atoms with van der Waals surface area (Å²) in [6.07, 6.45) is 4.01. The van der Waals surface area contributed by atoms with Crippen LogP contribution in [-0.4, -0.2) is 11.1 Å². The first-order valence-corrected chi connectivity index (χ1v) is 8.65. The standard InChI is InChI=1S/C24H22O2/c1-18-12-14-19(15-13-18)16-17-20-8-6-7-11-22(20)24(2,23(25)26)21-9-4-3-5-10-21/h3-17H,1-2H3,(H,25,26)/b17-16+/t24-/m0/s1. The Hall–Kier alpha value is -3.13. The summed E-state index contributed by atoms with van der Waals surface area (Å²) >= 11 is 0. The van der Waals surface area contributed by atoms with Gasteiger partial charge in [0.2, 0.25) is 0 Å². The van der Waals surface area contributed by atoms with Crippen molar-refractivity contribution < 1.29 is 9.90 Å². The highest BCUT2D eigenvalue weighted by Gasteiger charge is 2.38. The first-order chi connectivity index (χ1) is 12.5. The lowest BCUT2D eigenvalue weighted by atomic mass is 9.74. The largest absolute Gasteiger partial charge is 0.480 e. The highest BCUT2D eigenvalue weighted by atomic mass is 16.4. The van der Waals surface area contributed by atoms with Crippen LogP contribution >= 0.6 is 0 Å². The molecule has 0 aromatic heterocycles. The lowest BCUT2D eigenvalue weighted by Gasteiger charge is -2.27. The summed E-state index contributed by atoms with van der Waals surface area (Å²) < 4.78 is 0. The molecular formula is C24H22O2. The van der Waals surface area contributed by atoms with Gasteiger partial charge in [-0.1, -0.05) is 96.6 Å². The molecule has 0 spiro atoms. The van der Waals surface area contributed by atoms with Gasteiger partial charge in [-0.05, 0) is 36.1 Å². The fraction of sp³-hybridized carbons (Fsp3) is 0.125. The molecule has 1 atom stereocenters. The van der Waals surface area contributed by atoms with Crippen molar-refractivity contribution in [2.45, 2.75) is 19.3 Å². The molecule has 26 heavy (non-hydrogen) atoms. The van der Waals surface area contributed by atoms with Crippen molar-refractivity contribution in [3.05, 3.63) is 107 Å². The van der Waals surface area contributed by atoms with Gasteiger partial charge in [-0.25, -0.2) is 0 Å². The molecule has 0 aliphatic carbocycles. The highest BCUT2D eigenvalue weighted by Crippen LogP contribution is 2.35. The van der Waals surface area contributed by atoms with E-state index in [0.717, 1.165) is 22.3 Å². The van der Waals surface area contributed by atoms with Crippen molar-refractivity contribution in [1.29, 1.82) is 0 Å². The lowest BCUT2D eigenvalue weighted by Crippen LogP contribution is -2.34. The van der Waals surface area contributed by atoms with Crippen LogP contribution in [0.2, 0.25) is 0 Å². The molecule has 130 valence electrons. The van der Waals surface area contributed by atoms with Crippen LogP contribution in [0.3, 0.4) is 0 Å². The molecule has 1 N–H and O–H groups in total. The predicted octanol–water partition coefficient (Wildman–Crippen LogP) is 5.56. The summed E-state index contributed by atoms with van der Waals surface area (Å²) in [4.78, 5) is 12.3. The van der Waals surface area contributed by atoms with Crippen molar-refractivity contribution in [2.24, 2.45) is 0 Å². The number of carboxylic acids is 1. The number of aryl methyl sites for hydroxylation is 1. The van der Waals surface area contributed by atoms with Crippen molar-refractivity contribution in [3.63, 3.8) is 0 Å². The van der Waals surface area contributed by atoms with Gasteiger partial charge < -0.3 is 5.11 Å². The third-order valence-corrected chi connectivity index (χ3v) is 4.81. The Kier molecular flexibility index (Phi) is 5.04. The second kappa shape index (κ2) is 7.40. The number of carboxylic acid groups (broad SMARTS) is 1. The monoisotopic (exact) mass is 342 g/mol. The van der Waals surface area contributed by atoms with Crippen molar-refractivity contribution >= 4 is 18.1 Å². The van der Waals surface area contributed by atoms with Gasteiger partial charge >= 0.3 is 5.97 Å². The first-order valence-electron chi connectivity index (χ1n) is 8.65. The zero-order valence-corrected chi connectivity index (χ0v) is 15.0. The Morgan fingerprint density at radius 2 is 1.46 bits per heavy atom. The van der Waals surface area contributed by atoms with E-state index in [4.69, 9.17) is 0 Å². The van der Waals surface area contributed by atoms with E-state index in [1.165, 1.54) is 5.56 Å². The van der Waals surface area contributed by atoms with Gasteiger partial charge in [-0.15, -0.1) is 0 Å². The maximum Gasteiger partial charge on any atom is 0.318 e. The fourth-order valence-corrected chi connectivity index (χ4v) is 3.13. The van der Waals surface area contributed by atoms with Crippen LogP contribution in [0.5, 0.6) is 0 Å². The summed E-state index contributed by atoms with van der Waals surface area (Å²) in [7, 11) is 0. The Bertz CT molecular complexity index is 924. The average Bonchev–Trinajstić information content (AvgIpc) is 2.67. The molecule has 0 fully saturated rings. The summed E-state index contributed by atoms with van der Waals surface area (Å²) in [5.74, 6) is -0.861. The third-order valence-electron chi connectivity index (χ3n) is 4.81. The SMILES string of the molecule is Cc1ccc(/C=C/c2ccccc2[C@@](C)(C(=O)O)c2ccccc2)cc1. The minimum Gasteiger partial charge on any atom is -0.480 e. The Balaban J connectivity index is 2.07. The van der Waals surface area contributed by atoms with Gasteiger partial charge in [0.15, 0.2) is 0 Å². The van der Waals surface area contributed by atoms with Crippen LogP contribution < -0.4 is 0 Å². The number of rotatable bonds is 5. The zero-order valence-electron chi connectivity index (χ0n) is 15.0. The highest BCUT2D eigenvalue weighted by molar-refractivity contribution is 5.88. The number of hydrogen-bond acceptors (Lipinski definition) is 1. The summed E-state index contributed by atoms with van der Waals surface area (Å²) in [6.45, 7) is 3.82. The number of benzene rings is 3. The van der Waals surface area contributed by atoms with Crippen molar-refractivity contribution in [1.82, 2.24) is 0 Å². The third kappa shape index (κ3) is 3.45. The molecule has 0 amide bonds. The summed E-state index contributed by atoms with van der Waals surface area (Å²) in [5.41, 5.74) is 3.63. The van der Waals surface area contributed by atoms with E-state index in [2.05, 4.69) is 31.2 Å². The smallest absolute Gasteiger partial charge is 0.318 e. The van der Waals surface area contributed by atoms with Crippen LogP contribution in [0.15, 0.2) is 78.9 Å². The van der Waals surface area contributed by atoms with Crippen LogP contribution in [0.4, 0.5) is 0 Å². The quantitative estimate of drug-likeness (QED) is 0.617.